The molecule has 0 N–H and O–H groups in total. The van der Waals surface area contributed by atoms with E-state index in [0.29, 0.717) is 0 Å². The first-order chi connectivity index (χ1) is 28.5. The Morgan fingerprint density at radius 2 is 0.897 bits per heavy atom. The molecule has 12 rings (SSSR count). The van der Waals surface area contributed by atoms with Gasteiger partial charge in [0.1, 0.15) is 0 Å². The Morgan fingerprint density at radius 1 is 0.397 bits per heavy atom. The van der Waals surface area contributed by atoms with Crippen molar-refractivity contribution in [2.45, 2.75) is 19.3 Å². The van der Waals surface area contributed by atoms with Crippen molar-refractivity contribution in [2.24, 2.45) is 0 Å². The molecule has 2 aromatic heterocycles. The molecule has 3 heteroatoms. The van der Waals surface area contributed by atoms with E-state index in [0.717, 1.165) is 33.1 Å². The standard InChI is InChI=1S/C55H37N3/c1-55(2)48-30-36(34-20-22-35(23-21-34)50-33-56-53-46-17-8-6-14-40(46)41-15-7-9-18-47(41)54(53)57-50)24-27-42(48)43-28-25-37(31-49(43)55)38-26-29-45-44-16-10-11-19-51(44)58(52(45)32-38)39-12-4-3-5-13-39/h3-33H,1-2H3. The summed E-state index contributed by atoms with van der Waals surface area (Å²) in [5.41, 5.74) is 17.5. The number of hydrogen-bond acceptors (Lipinski definition) is 2. The summed E-state index contributed by atoms with van der Waals surface area (Å²) in [5, 5.41) is 7.21. The van der Waals surface area contributed by atoms with Crippen LogP contribution in [0.15, 0.2) is 188 Å². The van der Waals surface area contributed by atoms with Gasteiger partial charge in [-0.1, -0.05) is 159 Å². The molecule has 3 nitrogen and oxygen atoms in total. The summed E-state index contributed by atoms with van der Waals surface area (Å²) in [6.07, 6.45) is 1.92. The monoisotopic (exact) mass is 739 g/mol. The first-order valence-electron chi connectivity index (χ1n) is 20.1. The fourth-order valence-corrected chi connectivity index (χ4v) is 9.70. The topological polar surface area (TPSA) is 30.7 Å². The van der Waals surface area contributed by atoms with Gasteiger partial charge in [-0.05, 0) is 91.7 Å². The molecular formula is C55H37N3. The molecule has 0 aliphatic heterocycles. The molecule has 58 heavy (non-hydrogen) atoms. The van der Waals surface area contributed by atoms with Gasteiger partial charge >= 0.3 is 0 Å². The maximum atomic E-state index is 5.22. The Hall–Kier alpha value is -7.36. The van der Waals surface area contributed by atoms with Gasteiger partial charge in [-0.3, -0.25) is 4.98 Å². The highest BCUT2D eigenvalue weighted by Gasteiger charge is 2.36. The summed E-state index contributed by atoms with van der Waals surface area (Å²) in [6, 6.07) is 66.3. The maximum Gasteiger partial charge on any atom is 0.0979 e. The average Bonchev–Trinajstić information content (AvgIpc) is 3.73. The van der Waals surface area contributed by atoms with Gasteiger partial charge in [0.25, 0.3) is 0 Å². The van der Waals surface area contributed by atoms with Crippen molar-refractivity contribution in [3.63, 3.8) is 0 Å². The van der Waals surface area contributed by atoms with Crippen LogP contribution in [0.2, 0.25) is 0 Å². The van der Waals surface area contributed by atoms with Gasteiger partial charge in [-0.15, -0.1) is 0 Å². The summed E-state index contributed by atoms with van der Waals surface area (Å²) in [6.45, 7) is 4.74. The third-order valence-electron chi connectivity index (χ3n) is 12.6. The Morgan fingerprint density at radius 3 is 1.59 bits per heavy atom. The third-order valence-corrected chi connectivity index (χ3v) is 12.6. The van der Waals surface area contributed by atoms with Crippen molar-refractivity contribution >= 4 is 54.4 Å². The number of aromatic nitrogens is 3. The molecule has 0 fully saturated rings. The molecule has 9 aromatic carbocycles. The highest BCUT2D eigenvalue weighted by Crippen LogP contribution is 2.51. The van der Waals surface area contributed by atoms with Crippen molar-refractivity contribution in [3.05, 3.63) is 199 Å². The first kappa shape index (κ1) is 32.8. The van der Waals surface area contributed by atoms with Gasteiger partial charge in [0.05, 0.1) is 34.0 Å². The van der Waals surface area contributed by atoms with Crippen molar-refractivity contribution in [2.75, 3.05) is 0 Å². The van der Waals surface area contributed by atoms with Gasteiger partial charge in [0, 0.05) is 38.2 Å². The van der Waals surface area contributed by atoms with Crippen molar-refractivity contribution < 1.29 is 0 Å². The van der Waals surface area contributed by atoms with E-state index in [1.165, 1.54) is 82.8 Å². The number of fused-ring (bicyclic) bond motifs is 12. The lowest BCUT2D eigenvalue weighted by molar-refractivity contribution is 0.661. The van der Waals surface area contributed by atoms with Gasteiger partial charge in [0.2, 0.25) is 0 Å². The van der Waals surface area contributed by atoms with Crippen LogP contribution in [-0.2, 0) is 5.41 Å². The lowest BCUT2D eigenvalue weighted by atomic mass is 9.81. The Balaban J connectivity index is 0.888. The molecule has 0 unspecified atom stereocenters. The minimum atomic E-state index is -0.159. The van der Waals surface area contributed by atoms with E-state index in [1.807, 2.05) is 6.20 Å². The Kier molecular flexibility index (Phi) is 6.98. The van der Waals surface area contributed by atoms with Crippen LogP contribution in [0.1, 0.15) is 25.0 Å². The second-order valence-corrected chi connectivity index (χ2v) is 16.2. The van der Waals surface area contributed by atoms with Crippen molar-refractivity contribution in [1.82, 2.24) is 14.5 Å². The van der Waals surface area contributed by atoms with E-state index >= 15 is 0 Å². The highest BCUT2D eigenvalue weighted by atomic mass is 15.0. The lowest BCUT2D eigenvalue weighted by Crippen LogP contribution is -2.15. The fourth-order valence-electron chi connectivity index (χ4n) is 9.70. The lowest BCUT2D eigenvalue weighted by Gasteiger charge is -2.22. The smallest absolute Gasteiger partial charge is 0.0979 e. The molecule has 11 aromatic rings. The van der Waals surface area contributed by atoms with Crippen LogP contribution in [0, 0.1) is 0 Å². The number of rotatable bonds is 4. The highest BCUT2D eigenvalue weighted by molar-refractivity contribution is 6.23. The molecule has 0 bridgehead atoms. The molecule has 2 heterocycles. The first-order valence-corrected chi connectivity index (χ1v) is 20.1. The van der Waals surface area contributed by atoms with Crippen LogP contribution in [0.4, 0.5) is 0 Å². The molecule has 0 atom stereocenters. The third kappa shape index (κ3) is 4.80. The summed E-state index contributed by atoms with van der Waals surface area (Å²) in [7, 11) is 0. The Bertz CT molecular complexity index is 3430. The van der Waals surface area contributed by atoms with Gasteiger partial charge in [0.15, 0.2) is 0 Å². The van der Waals surface area contributed by atoms with Gasteiger partial charge < -0.3 is 4.57 Å². The number of benzene rings is 9. The van der Waals surface area contributed by atoms with Crippen LogP contribution in [0.3, 0.4) is 0 Å². The van der Waals surface area contributed by atoms with Crippen LogP contribution < -0.4 is 0 Å². The van der Waals surface area contributed by atoms with Crippen LogP contribution in [-0.4, -0.2) is 14.5 Å². The van der Waals surface area contributed by atoms with Crippen LogP contribution in [0.5, 0.6) is 0 Å². The zero-order valence-electron chi connectivity index (χ0n) is 32.2. The minimum absolute atomic E-state index is 0.159. The second kappa shape index (κ2) is 12.3. The molecule has 0 radical (unpaired) electrons. The van der Waals surface area contributed by atoms with Gasteiger partial charge in [-0.25, -0.2) is 4.98 Å². The second-order valence-electron chi connectivity index (χ2n) is 16.2. The Labute approximate surface area is 336 Å². The van der Waals surface area contributed by atoms with E-state index in [2.05, 4.69) is 200 Å². The summed E-state index contributed by atoms with van der Waals surface area (Å²) in [5.74, 6) is 0. The molecule has 0 spiro atoms. The summed E-state index contributed by atoms with van der Waals surface area (Å²) < 4.78 is 2.40. The van der Waals surface area contributed by atoms with E-state index in [9.17, 15) is 0 Å². The van der Waals surface area contributed by atoms with E-state index < -0.39 is 0 Å². The molecule has 272 valence electrons. The largest absolute Gasteiger partial charge is 0.309 e. The SMILES string of the molecule is CC1(C)c2cc(-c3ccc(-c4cnc5c6ccccc6c6ccccc6c5n4)cc3)ccc2-c2ccc(-c3ccc4c5ccccc5n(-c5ccccc5)c4c3)cc21. The maximum absolute atomic E-state index is 5.22. The average molecular weight is 740 g/mol. The van der Waals surface area contributed by atoms with Crippen molar-refractivity contribution in [1.29, 1.82) is 0 Å². The zero-order valence-corrected chi connectivity index (χ0v) is 32.2. The number of hydrogen-bond donors (Lipinski definition) is 0. The quantitative estimate of drug-likeness (QED) is 0.168. The van der Waals surface area contributed by atoms with E-state index in [-0.39, 0.29) is 5.41 Å². The fraction of sp³-hybridized carbons (Fsp3) is 0.0545. The van der Waals surface area contributed by atoms with E-state index in [1.54, 1.807) is 0 Å². The van der Waals surface area contributed by atoms with Crippen molar-refractivity contribution in [3.8, 4) is 50.3 Å². The molecule has 0 saturated heterocycles. The summed E-state index contributed by atoms with van der Waals surface area (Å²) in [4.78, 5) is 10.2. The van der Waals surface area contributed by atoms with E-state index in [4.69, 9.17) is 9.97 Å². The normalized spacial score (nSPS) is 13.1. The van der Waals surface area contributed by atoms with Gasteiger partial charge in [-0.2, -0.15) is 0 Å². The predicted octanol–water partition coefficient (Wildman–Crippen LogP) is 14.3. The number of nitrogens with zero attached hydrogens (tertiary/aromatic N) is 3. The molecule has 0 saturated carbocycles. The van der Waals surface area contributed by atoms with Crippen LogP contribution >= 0.6 is 0 Å². The molecular weight excluding hydrogens is 703 g/mol. The molecule has 0 amide bonds. The zero-order chi connectivity index (χ0) is 38.5. The summed E-state index contributed by atoms with van der Waals surface area (Å²) >= 11 is 0. The minimum Gasteiger partial charge on any atom is -0.309 e. The molecule has 1 aliphatic carbocycles. The number of para-hydroxylation sites is 2. The molecule has 1 aliphatic rings. The predicted molar refractivity (Wildman–Crippen MR) is 243 cm³/mol. The van der Waals surface area contributed by atoms with Crippen LogP contribution in [0.25, 0.3) is 105 Å².